The second-order valence-corrected chi connectivity index (χ2v) is 11.7. The Morgan fingerprint density at radius 1 is 1.07 bits per heavy atom. The third kappa shape index (κ3) is 10.8. The molecule has 0 atom stereocenters. The number of nitrogens with one attached hydrogen (secondary N) is 1. The first-order chi connectivity index (χ1) is 21.9. The standard InChI is InChI=1S/C35H49N5O5/c1-5-7-12-30(36-4)34-38-31(23-32(39-34)40-16-13-28-10-8-9-11-29(28)14-17-40)37-26-27-24-35(3,25-27)45-33(41)15-18-43-21-22-44-20-19-42-6-2/h5,7-12,23,27H,4,6,13-22,24-26H2,1-3H3,(H,37,38,39)/b7-5-,30-12-/t27-,35-. The van der Waals surface area contributed by atoms with Crippen molar-refractivity contribution in [2.45, 2.75) is 58.5 Å². The number of rotatable bonds is 18. The molecule has 2 heterocycles. The molecule has 1 aliphatic heterocycles. The van der Waals surface area contributed by atoms with Crippen LogP contribution in [-0.4, -0.2) is 87.5 Å². The number of ether oxygens (including phenoxy) is 4. The molecule has 1 saturated carbocycles. The molecule has 1 aromatic heterocycles. The number of hydrogen-bond acceptors (Lipinski definition) is 10. The Balaban J connectivity index is 1.28. The third-order valence-electron chi connectivity index (χ3n) is 8.07. The zero-order valence-corrected chi connectivity index (χ0v) is 27.1. The molecular formula is C35H49N5O5. The SMILES string of the molecule is C=N/C(=C\C=C/C)c1nc(NC[C@H]2C[C@](C)(OC(=O)CCOCCOCCOCC)C2)cc(N2CCc3ccccc3CC2)n1. The summed E-state index contributed by atoms with van der Waals surface area (Å²) < 4.78 is 22.0. The lowest BCUT2D eigenvalue weighted by Crippen LogP contribution is -2.47. The summed E-state index contributed by atoms with van der Waals surface area (Å²) >= 11 is 0. The number of carbonyl (C=O) groups is 1. The van der Waals surface area contributed by atoms with E-state index in [9.17, 15) is 4.79 Å². The molecule has 2 aliphatic rings. The molecule has 10 heteroatoms. The fourth-order valence-electron chi connectivity index (χ4n) is 5.79. The van der Waals surface area contributed by atoms with Gasteiger partial charge >= 0.3 is 5.97 Å². The smallest absolute Gasteiger partial charge is 0.308 e. The van der Waals surface area contributed by atoms with E-state index >= 15 is 0 Å². The highest BCUT2D eigenvalue weighted by atomic mass is 16.6. The summed E-state index contributed by atoms with van der Waals surface area (Å²) in [4.78, 5) is 28.7. The zero-order valence-electron chi connectivity index (χ0n) is 27.1. The Bertz CT molecular complexity index is 1280. The van der Waals surface area contributed by atoms with Gasteiger partial charge in [-0.3, -0.25) is 9.79 Å². The summed E-state index contributed by atoms with van der Waals surface area (Å²) in [6, 6.07) is 10.7. The molecule has 0 radical (unpaired) electrons. The van der Waals surface area contributed by atoms with Gasteiger partial charge in [0.1, 0.15) is 22.9 Å². The van der Waals surface area contributed by atoms with E-state index in [1.54, 1.807) is 0 Å². The van der Waals surface area contributed by atoms with Crippen molar-refractivity contribution in [3.05, 3.63) is 65.5 Å². The van der Waals surface area contributed by atoms with Gasteiger partial charge in [-0.1, -0.05) is 36.4 Å². The van der Waals surface area contributed by atoms with Crippen LogP contribution in [0.5, 0.6) is 0 Å². The normalized spacial score (nSPS) is 19.9. The summed E-state index contributed by atoms with van der Waals surface area (Å²) in [5.74, 6) is 2.28. The fourth-order valence-corrected chi connectivity index (χ4v) is 5.79. The monoisotopic (exact) mass is 619 g/mol. The van der Waals surface area contributed by atoms with Crippen LogP contribution >= 0.6 is 0 Å². The maximum absolute atomic E-state index is 12.4. The minimum absolute atomic E-state index is 0.228. The summed E-state index contributed by atoms with van der Waals surface area (Å²) in [6.45, 7) is 15.2. The molecule has 0 bridgehead atoms. The summed E-state index contributed by atoms with van der Waals surface area (Å²) in [5.41, 5.74) is 2.96. The van der Waals surface area contributed by atoms with E-state index in [4.69, 9.17) is 28.9 Å². The van der Waals surface area contributed by atoms with Gasteiger partial charge in [-0.05, 0) is 76.3 Å². The van der Waals surface area contributed by atoms with Crippen molar-refractivity contribution in [3.8, 4) is 0 Å². The molecule has 0 saturated heterocycles. The van der Waals surface area contributed by atoms with Gasteiger partial charge in [0.25, 0.3) is 0 Å². The highest BCUT2D eigenvalue weighted by molar-refractivity contribution is 5.70. The highest BCUT2D eigenvalue weighted by Gasteiger charge is 2.43. The number of fused-ring (bicyclic) bond motifs is 1. The average Bonchev–Trinajstić information content (AvgIpc) is 3.25. The van der Waals surface area contributed by atoms with E-state index in [2.05, 4.69) is 46.2 Å². The van der Waals surface area contributed by atoms with Crippen LogP contribution in [0.2, 0.25) is 0 Å². The van der Waals surface area contributed by atoms with E-state index in [0.29, 0.717) is 57.1 Å². The van der Waals surface area contributed by atoms with Crippen LogP contribution in [0.15, 0.2) is 53.6 Å². The number of aromatic nitrogens is 2. The van der Waals surface area contributed by atoms with Crippen molar-refractivity contribution in [3.63, 3.8) is 0 Å². The summed E-state index contributed by atoms with van der Waals surface area (Å²) in [7, 11) is 0. The van der Waals surface area contributed by atoms with E-state index in [0.717, 1.165) is 57.0 Å². The van der Waals surface area contributed by atoms with Gasteiger partial charge in [0.2, 0.25) is 0 Å². The number of carbonyl (C=O) groups excluding carboxylic acids is 1. The highest BCUT2D eigenvalue weighted by Crippen LogP contribution is 2.41. The number of benzene rings is 1. The molecule has 45 heavy (non-hydrogen) atoms. The van der Waals surface area contributed by atoms with Crippen molar-refractivity contribution in [1.82, 2.24) is 9.97 Å². The molecule has 1 fully saturated rings. The molecule has 0 amide bonds. The van der Waals surface area contributed by atoms with E-state index in [-0.39, 0.29) is 12.4 Å². The number of esters is 1. The van der Waals surface area contributed by atoms with Gasteiger partial charge in [0.15, 0.2) is 5.82 Å². The molecular weight excluding hydrogens is 570 g/mol. The molecule has 1 aliphatic carbocycles. The number of hydrogen-bond donors (Lipinski definition) is 1. The Labute approximate surface area is 267 Å². The molecule has 10 nitrogen and oxygen atoms in total. The van der Waals surface area contributed by atoms with Crippen molar-refractivity contribution in [1.29, 1.82) is 0 Å². The number of allylic oxidation sites excluding steroid dienone is 3. The van der Waals surface area contributed by atoms with Gasteiger partial charge in [0.05, 0.1) is 39.5 Å². The quantitative estimate of drug-likeness (QED) is 0.103. The van der Waals surface area contributed by atoms with Crippen LogP contribution in [0.3, 0.4) is 0 Å². The lowest BCUT2D eigenvalue weighted by atomic mass is 9.72. The number of aliphatic imine (C=N–C) groups is 1. The molecule has 4 rings (SSSR count). The van der Waals surface area contributed by atoms with Crippen molar-refractivity contribution in [2.75, 3.05) is 69.5 Å². The largest absolute Gasteiger partial charge is 0.459 e. The van der Waals surface area contributed by atoms with E-state index < -0.39 is 5.60 Å². The van der Waals surface area contributed by atoms with Crippen LogP contribution in [0.25, 0.3) is 5.70 Å². The second kappa shape index (κ2) is 17.8. The van der Waals surface area contributed by atoms with Gasteiger partial charge in [-0.2, -0.15) is 0 Å². The third-order valence-corrected chi connectivity index (χ3v) is 8.07. The van der Waals surface area contributed by atoms with Gasteiger partial charge in [-0.15, -0.1) is 0 Å². The first-order valence-electron chi connectivity index (χ1n) is 16.1. The summed E-state index contributed by atoms with van der Waals surface area (Å²) in [6.07, 6.45) is 9.47. The predicted molar refractivity (Wildman–Crippen MR) is 179 cm³/mol. The van der Waals surface area contributed by atoms with Crippen molar-refractivity contribution < 1.29 is 23.7 Å². The van der Waals surface area contributed by atoms with Crippen molar-refractivity contribution in [2.24, 2.45) is 10.9 Å². The predicted octanol–water partition coefficient (Wildman–Crippen LogP) is 5.28. The maximum atomic E-state index is 12.4. The topological polar surface area (TPSA) is 107 Å². The van der Waals surface area contributed by atoms with Gasteiger partial charge in [0, 0.05) is 32.3 Å². The Morgan fingerprint density at radius 3 is 2.38 bits per heavy atom. The fraction of sp³-hybridized carbons (Fsp3) is 0.543. The van der Waals surface area contributed by atoms with Crippen LogP contribution < -0.4 is 10.2 Å². The minimum atomic E-state index is -0.454. The van der Waals surface area contributed by atoms with E-state index in [1.807, 2.05) is 45.1 Å². The van der Waals surface area contributed by atoms with Crippen LogP contribution in [0.1, 0.15) is 57.0 Å². The van der Waals surface area contributed by atoms with Crippen LogP contribution in [-0.2, 0) is 36.6 Å². The second-order valence-electron chi connectivity index (χ2n) is 11.7. The Kier molecular flexibility index (Phi) is 13.5. The van der Waals surface area contributed by atoms with Gasteiger partial charge < -0.3 is 29.2 Å². The minimum Gasteiger partial charge on any atom is -0.459 e. The number of nitrogens with zero attached hydrogens (tertiary/aromatic N) is 4. The first-order valence-corrected chi connectivity index (χ1v) is 16.1. The maximum Gasteiger partial charge on any atom is 0.308 e. The molecule has 1 N–H and O–H groups in total. The Hall–Kier alpha value is -3.60. The van der Waals surface area contributed by atoms with Crippen molar-refractivity contribution >= 4 is 30.0 Å². The molecule has 2 aromatic rings. The first kappa shape index (κ1) is 34.3. The van der Waals surface area contributed by atoms with Crippen LogP contribution in [0.4, 0.5) is 11.6 Å². The Morgan fingerprint density at radius 2 is 1.73 bits per heavy atom. The van der Waals surface area contributed by atoms with E-state index in [1.165, 1.54) is 11.1 Å². The average molecular weight is 620 g/mol. The van der Waals surface area contributed by atoms with Crippen LogP contribution in [0, 0.1) is 5.92 Å². The molecule has 0 unspecified atom stereocenters. The molecule has 244 valence electrons. The molecule has 0 spiro atoms. The van der Waals surface area contributed by atoms with Gasteiger partial charge in [-0.25, -0.2) is 9.97 Å². The zero-order chi connectivity index (χ0) is 31.9. The lowest BCUT2D eigenvalue weighted by Gasteiger charge is -2.44. The number of anilines is 2. The lowest BCUT2D eigenvalue weighted by molar-refractivity contribution is -0.173. The molecule has 1 aromatic carbocycles. The summed E-state index contributed by atoms with van der Waals surface area (Å²) in [5, 5.41) is 3.53.